The van der Waals surface area contributed by atoms with E-state index >= 15 is 0 Å². The molecule has 0 unspecified atom stereocenters. The van der Waals surface area contributed by atoms with E-state index in [0.717, 1.165) is 43.0 Å². The fraction of sp³-hybridized carbons (Fsp3) is 0.571. The zero-order chi connectivity index (χ0) is 19.7. The van der Waals surface area contributed by atoms with E-state index in [1.165, 1.54) is 12.8 Å². The van der Waals surface area contributed by atoms with Crippen molar-refractivity contribution in [3.05, 3.63) is 35.9 Å². The number of hydrogen-bond acceptors (Lipinski definition) is 5. The van der Waals surface area contributed by atoms with Crippen molar-refractivity contribution in [2.75, 3.05) is 26.2 Å². The smallest absolute Gasteiger partial charge is 0.243 e. The van der Waals surface area contributed by atoms with Crippen LogP contribution < -0.4 is 5.32 Å². The molecule has 0 atom stereocenters. The number of aromatic nitrogens is 1. The Morgan fingerprint density at radius 2 is 1.75 bits per heavy atom. The van der Waals surface area contributed by atoms with E-state index in [1.54, 1.807) is 23.5 Å². The minimum Gasteiger partial charge on any atom is -0.441 e. The van der Waals surface area contributed by atoms with E-state index in [4.69, 9.17) is 4.42 Å². The molecule has 0 spiro atoms. The number of nitrogens with zero attached hydrogens (tertiary/aromatic N) is 2. The summed E-state index contributed by atoms with van der Waals surface area (Å²) in [5.41, 5.74) is 1.51. The second-order valence-electron chi connectivity index (χ2n) is 8.05. The fourth-order valence-corrected chi connectivity index (χ4v) is 6.29. The molecule has 28 heavy (non-hydrogen) atoms. The molecular weight excluding hydrogens is 374 g/mol. The molecule has 7 heteroatoms. The van der Waals surface area contributed by atoms with E-state index in [0.29, 0.717) is 35.6 Å². The van der Waals surface area contributed by atoms with Crippen molar-refractivity contribution in [1.29, 1.82) is 0 Å². The van der Waals surface area contributed by atoms with Gasteiger partial charge in [0.25, 0.3) is 0 Å². The number of benzene rings is 1. The molecule has 4 rings (SSSR count). The number of rotatable bonds is 4. The van der Waals surface area contributed by atoms with Crippen LogP contribution in [0.3, 0.4) is 0 Å². The third-order valence-electron chi connectivity index (χ3n) is 6.26. The number of piperidine rings is 2. The molecule has 0 aliphatic carbocycles. The van der Waals surface area contributed by atoms with Crippen LogP contribution in [0.15, 0.2) is 33.7 Å². The Bertz CT molecular complexity index is 924. The highest BCUT2D eigenvalue weighted by atomic mass is 32.2. The van der Waals surface area contributed by atoms with Crippen molar-refractivity contribution in [2.45, 2.75) is 44.4 Å². The van der Waals surface area contributed by atoms with Crippen LogP contribution in [0, 0.1) is 25.7 Å². The lowest BCUT2D eigenvalue weighted by Crippen LogP contribution is -2.42. The van der Waals surface area contributed by atoms with Crippen LogP contribution in [-0.4, -0.2) is 43.9 Å². The molecule has 2 aliphatic heterocycles. The molecule has 3 heterocycles. The average Bonchev–Trinajstić information content (AvgIpc) is 3.15. The molecule has 0 amide bonds. The van der Waals surface area contributed by atoms with Gasteiger partial charge in [-0.1, -0.05) is 12.1 Å². The normalized spacial score (nSPS) is 20.5. The zero-order valence-corrected chi connectivity index (χ0v) is 17.5. The Morgan fingerprint density at radius 3 is 2.39 bits per heavy atom. The quantitative estimate of drug-likeness (QED) is 0.847. The molecule has 152 valence electrons. The van der Waals surface area contributed by atoms with Gasteiger partial charge in [-0.2, -0.15) is 4.31 Å². The Kier molecular flexibility index (Phi) is 5.58. The molecule has 6 nitrogen and oxygen atoms in total. The fourth-order valence-electron chi connectivity index (χ4n) is 4.57. The SMILES string of the molecule is Cc1ncc(-c2ccc(C)c(S(=O)(=O)N3CCC(C4CCNCC4)CC3)c2)o1. The van der Waals surface area contributed by atoms with E-state index in [2.05, 4.69) is 10.3 Å². The van der Waals surface area contributed by atoms with Gasteiger partial charge in [-0.15, -0.1) is 0 Å². The minimum absolute atomic E-state index is 0.374. The molecule has 2 aromatic rings. The molecule has 0 bridgehead atoms. The van der Waals surface area contributed by atoms with Crippen LogP contribution >= 0.6 is 0 Å². The Balaban J connectivity index is 1.52. The third-order valence-corrected chi connectivity index (χ3v) is 8.30. The number of aryl methyl sites for hydroxylation is 2. The molecule has 2 aliphatic rings. The summed E-state index contributed by atoms with van der Waals surface area (Å²) in [5, 5.41) is 3.42. The first-order valence-corrected chi connectivity index (χ1v) is 11.6. The van der Waals surface area contributed by atoms with Gasteiger partial charge in [-0.05, 0) is 69.2 Å². The summed E-state index contributed by atoms with van der Waals surface area (Å²) in [5.74, 6) is 2.56. The molecule has 1 N–H and O–H groups in total. The molecule has 0 saturated carbocycles. The highest BCUT2D eigenvalue weighted by molar-refractivity contribution is 7.89. The molecule has 1 aromatic heterocycles. The first kappa shape index (κ1) is 19.6. The monoisotopic (exact) mass is 403 g/mol. The average molecular weight is 404 g/mol. The highest BCUT2D eigenvalue weighted by Gasteiger charge is 2.33. The summed E-state index contributed by atoms with van der Waals surface area (Å²) in [7, 11) is -3.51. The molecule has 2 fully saturated rings. The lowest BCUT2D eigenvalue weighted by molar-refractivity contribution is 0.176. The minimum atomic E-state index is -3.51. The number of nitrogens with one attached hydrogen (secondary N) is 1. The van der Waals surface area contributed by atoms with Gasteiger partial charge in [0.2, 0.25) is 10.0 Å². The van der Waals surface area contributed by atoms with E-state index in [1.807, 2.05) is 19.1 Å². The van der Waals surface area contributed by atoms with Crippen LogP contribution in [0.2, 0.25) is 0 Å². The van der Waals surface area contributed by atoms with Crippen LogP contribution in [0.4, 0.5) is 0 Å². The van der Waals surface area contributed by atoms with Crippen molar-refractivity contribution in [3.63, 3.8) is 0 Å². The van der Waals surface area contributed by atoms with Crippen molar-refractivity contribution < 1.29 is 12.8 Å². The molecule has 0 radical (unpaired) electrons. The maximum absolute atomic E-state index is 13.3. The molecule has 2 saturated heterocycles. The van der Waals surface area contributed by atoms with Gasteiger partial charge in [-0.3, -0.25) is 0 Å². The standard InChI is InChI=1S/C21H29N3O3S/c1-15-3-4-19(20-14-23-16(2)27-20)13-21(15)28(25,26)24-11-7-18(8-12-24)17-5-9-22-10-6-17/h3-4,13-14,17-18,22H,5-12H2,1-2H3. The van der Waals surface area contributed by atoms with Gasteiger partial charge in [0.1, 0.15) is 0 Å². The van der Waals surface area contributed by atoms with Gasteiger partial charge in [0.05, 0.1) is 11.1 Å². The van der Waals surface area contributed by atoms with Gasteiger partial charge in [-0.25, -0.2) is 13.4 Å². The lowest BCUT2D eigenvalue weighted by atomic mass is 9.79. The summed E-state index contributed by atoms with van der Waals surface area (Å²) >= 11 is 0. The second-order valence-corrected chi connectivity index (χ2v) is 9.96. The summed E-state index contributed by atoms with van der Waals surface area (Å²) in [6.45, 7) is 7.04. The van der Waals surface area contributed by atoms with Crippen molar-refractivity contribution in [1.82, 2.24) is 14.6 Å². The Morgan fingerprint density at radius 1 is 1.07 bits per heavy atom. The van der Waals surface area contributed by atoms with Crippen molar-refractivity contribution in [2.24, 2.45) is 11.8 Å². The maximum Gasteiger partial charge on any atom is 0.243 e. The van der Waals surface area contributed by atoms with Crippen molar-refractivity contribution >= 4 is 10.0 Å². The van der Waals surface area contributed by atoms with Crippen LogP contribution in [0.1, 0.15) is 37.1 Å². The summed E-state index contributed by atoms with van der Waals surface area (Å²) in [6.07, 6.45) is 6.00. The van der Waals surface area contributed by atoms with E-state index in [-0.39, 0.29) is 0 Å². The molecular formula is C21H29N3O3S. The van der Waals surface area contributed by atoms with Crippen molar-refractivity contribution in [3.8, 4) is 11.3 Å². The largest absolute Gasteiger partial charge is 0.441 e. The van der Waals surface area contributed by atoms with Crippen LogP contribution in [0.25, 0.3) is 11.3 Å². The second kappa shape index (κ2) is 7.97. The number of sulfonamides is 1. The number of hydrogen-bond donors (Lipinski definition) is 1. The van der Waals surface area contributed by atoms with Crippen LogP contribution in [0.5, 0.6) is 0 Å². The Hall–Kier alpha value is -1.70. The first-order valence-electron chi connectivity index (χ1n) is 10.2. The van der Waals surface area contributed by atoms with Gasteiger partial charge in [0, 0.05) is 25.6 Å². The number of oxazole rings is 1. The zero-order valence-electron chi connectivity index (χ0n) is 16.6. The first-order chi connectivity index (χ1) is 13.4. The topological polar surface area (TPSA) is 75.4 Å². The van der Waals surface area contributed by atoms with E-state index < -0.39 is 10.0 Å². The summed E-state index contributed by atoms with van der Waals surface area (Å²) in [4.78, 5) is 4.49. The maximum atomic E-state index is 13.3. The predicted molar refractivity (Wildman–Crippen MR) is 108 cm³/mol. The van der Waals surface area contributed by atoms with Gasteiger partial charge < -0.3 is 9.73 Å². The van der Waals surface area contributed by atoms with Gasteiger partial charge >= 0.3 is 0 Å². The van der Waals surface area contributed by atoms with E-state index in [9.17, 15) is 8.42 Å². The van der Waals surface area contributed by atoms with Gasteiger partial charge in [0.15, 0.2) is 11.7 Å². The lowest BCUT2D eigenvalue weighted by Gasteiger charge is -2.37. The highest BCUT2D eigenvalue weighted by Crippen LogP contribution is 2.34. The van der Waals surface area contributed by atoms with Crippen LogP contribution in [-0.2, 0) is 10.0 Å². The third kappa shape index (κ3) is 3.88. The molecule has 1 aromatic carbocycles. The predicted octanol–water partition coefficient (Wildman–Crippen LogP) is 3.36. The Labute approximate surface area is 167 Å². The summed E-state index contributed by atoms with van der Waals surface area (Å²) in [6, 6.07) is 5.46. The summed E-state index contributed by atoms with van der Waals surface area (Å²) < 4.78 is 33.9.